The highest BCUT2D eigenvalue weighted by Gasteiger charge is 2.54. The van der Waals surface area contributed by atoms with Gasteiger partial charge in [-0.25, -0.2) is 0 Å². The molecule has 19 nitrogen and oxygen atoms in total. The summed E-state index contributed by atoms with van der Waals surface area (Å²) in [4.78, 5) is 13.5. The Morgan fingerprint density at radius 2 is 0.593 bits per heavy atom. The van der Waals surface area contributed by atoms with E-state index in [1.807, 2.05) is 6.08 Å². The smallest absolute Gasteiger partial charge is 0.220 e. The molecule has 3 heterocycles. The molecule has 0 spiro atoms. The van der Waals surface area contributed by atoms with E-state index in [1.54, 1.807) is 6.08 Å². The van der Waals surface area contributed by atoms with Gasteiger partial charge in [0.15, 0.2) is 18.9 Å². The Balaban J connectivity index is 1.30. The minimum absolute atomic E-state index is 0.234. The Labute approximate surface area is 687 Å². The van der Waals surface area contributed by atoms with Crippen LogP contribution < -0.4 is 5.32 Å². The molecule has 3 rings (SSSR count). The number of hydrogen-bond acceptors (Lipinski definition) is 18. The van der Waals surface area contributed by atoms with E-state index in [4.69, 9.17) is 28.4 Å². The van der Waals surface area contributed by atoms with Gasteiger partial charge >= 0.3 is 0 Å². The Kier molecular flexibility index (Phi) is 67.6. The summed E-state index contributed by atoms with van der Waals surface area (Å²) in [6.45, 7) is 1.75. The minimum Gasteiger partial charge on any atom is -0.394 e. The Morgan fingerprint density at radius 3 is 0.947 bits per heavy atom. The van der Waals surface area contributed by atoms with Gasteiger partial charge in [-0.3, -0.25) is 4.79 Å². The Hall–Kier alpha value is -2.77. The molecule has 3 aliphatic rings. The number of hydrogen-bond donors (Lipinski definition) is 12. The molecule has 0 aliphatic carbocycles. The van der Waals surface area contributed by atoms with Crippen LogP contribution in [0.4, 0.5) is 0 Å². The number of aliphatic hydroxyl groups is 11. The number of nitrogens with one attached hydrogen (secondary N) is 1. The molecule has 19 heteroatoms. The zero-order valence-corrected chi connectivity index (χ0v) is 71.4. The Bertz CT molecular complexity index is 2320. The van der Waals surface area contributed by atoms with E-state index in [9.17, 15) is 61.0 Å². The highest BCUT2D eigenvalue weighted by atomic mass is 16.8. The van der Waals surface area contributed by atoms with Crippen LogP contribution in [0.3, 0.4) is 0 Å². The molecule has 0 bridgehead atoms. The number of rotatable bonds is 76. The summed E-state index contributed by atoms with van der Waals surface area (Å²) in [6, 6.07) is -1.000. The lowest BCUT2D eigenvalue weighted by atomic mass is 9.96. The standard InChI is InChI=1S/C94H171NO18/c1-3-5-7-9-11-13-15-17-19-21-23-25-27-29-31-32-33-34-35-36-37-38-39-40-41-42-43-44-46-48-50-52-54-56-58-60-62-64-66-68-70-72-82(100)95-77(78(99)71-69-67-65-63-61-59-57-55-53-51-49-47-45-30-28-26-24-22-20-18-16-14-12-10-8-6-4-2)76-108-92-88(106)85(103)90(80(74-97)110-92)113-94-89(107)86(104)91(81(75-98)111-94)112-93-87(105)84(102)83(101)79(73-96)109-93/h15,17,21,23,27,29,53,55,61,63,69,71,77-81,83-94,96-99,101-107H,3-14,16,18-20,22,24-26,28,30-52,54,56-60,62,64-68,70,72-76H2,1-2H3,(H,95,100)/b17-15-,23-21-,29-27-,55-53+,63-61+,71-69+. The van der Waals surface area contributed by atoms with E-state index < -0.39 is 124 Å². The molecule has 0 saturated carbocycles. The second-order valence-corrected chi connectivity index (χ2v) is 33.1. The van der Waals surface area contributed by atoms with Crippen molar-refractivity contribution in [2.75, 3.05) is 26.4 Å². The summed E-state index contributed by atoms with van der Waals surface area (Å²) < 4.78 is 34.5. The second kappa shape index (κ2) is 73.2. The van der Waals surface area contributed by atoms with Crippen LogP contribution >= 0.6 is 0 Å². The van der Waals surface area contributed by atoms with Gasteiger partial charge in [0.25, 0.3) is 0 Å². The van der Waals surface area contributed by atoms with Crippen LogP contribution in [0.1, 0.15) is 386 Å². The number of unbranched alkanes of at least 4 members (excludes halogenated alkanes) is 50. The van der Waals surface area contributed by atoms with Gasteiger partial charge in [-0.15, -0.1) is 0 Å². The van der Waals surface area contributed by atoms with Crippen LogP contribution in [-0.4, -0.2) is 193 Å². The van der Waals surface area contributed by atoms with Crippen molar-refractivity contribution >= 4 is 5.91 Å². The molecule has 0 aromatic carbocycles. The van der Waals surface area contributed by atoms with Gasteiger partial charge in [0.1, 0.15) is 73.2 Å². The first kappa shape index (κ1) is 104. The fourth-order valence-corrected chi connectivity index (χ4v) is 15.5. The summed E-state index contributed by atoms with van der Waals surface area (Å²) >= 11 is 0. The Morgan fingerprint density at radius 1 is 0.319 bits per heavy atom. The predicted octanol–water partition coefficient (Wildman–Crippen LogP) is 18.3. The summed E-state index contributed by atoms with van der Waals surface area (Å²) in [7, 11) is 0. The molecule has 17 unspecified atom stereocenters. The van der Waals surface area contributed by atoms with Crippen molar-refractivity contribution in [2.24, 2.45) is 0 Å². The van der Waals surface area contributed by atoms with Gasteiger partial charge < -0.3 is 89.9 Å². The molecule has 0 aromatic rings. The van der Waals surface area contributed by atoms with E-state index in [0.717, 1.165) is 57.8 Å². The summed E-state index contributed by atoms with van der Waals surface area (Å²) in [5, 5.41) is 121. The number of carbonyl (C=O) groups is 1. The molecule has 0 radical (unpaired) electrons. The SMILES string of the molecule is CCCCCCC/C=C\C/C=C\C/C=C\CCCCCCCCCCCCCCCCCCCCCCCCCCCCC(=O)NC(COC1OC(CO)C(OC2OC(CO)C(OC3OC(CO)C(O)C(O)C3O)C(O)C2O)C(O)C1O)C(O)/C=C/CC/C=C/CC/C=C/CCCCCCCCCCCCCCCCCCC. The van der Waals surface area contributed by atoms with Crippen molar-refractivity contribution in [3.63, 3.8) is 0 Å². The molecule has 12 N–H and O–H groups in total. The van der Waals surface area contributed by atoms with Crippen LogP contribution in [0.5, 0.6) is 0 Å². The zero-order chi connectivity index (χ0) is 81.7. The van der Waals surface area contributed by atoms with Gasteiger partial charge in [0.2, 0.25) is 5.91 Å². The molecule has 113 heavy (non-hydrogen) atoms. The minimum atomic E-state index is -1.99. The van der Waals surface area contributed by atoms with Crippen LogP contribution in [0.2, 0.25) is 0 Å². The van der Waals surface area contributed by atoms with Crippen molar-refractivity contribution in [1.29, 1.82) is 0 Å². The van der Waals surface area contributed by atoms with Gasteiger partial charge in [0, 0.05) is 6.42 Å². The monoisotopic (exact) mass is 1600 g/mol. The first-order valence-corrected chi connectivity index (χ1v) is 46.7. The summed E-state index contributed by atoms with van der Waals surface area (Å²) in [5.41, 5.74) is 0. The average Bonchev–Trinajstić information content (AvgIpc) is 0.777. The molecule has 660 valence electrons. The fraction of sp³-hybridized carbons (Fsp3) is 0.862. The van der Waals surface area contributed by atoms with Crippen LogP contribution in [0.15, 0.2) is 72.9 Å². The lowest BCUT2D eigenvalue weighted by Gasteiger charge is -2.48. The first-order chi connectivity index (χ1) is 55.3. The van der Waals surface area contributed by atoms with Gasteiger partial charge in [-0.1, -0.05) is 369 Å². The van der Waals surface area contributed by atoms with E-state index >= 15 is 0 Å². The molecular formula is C94H171NO18. The zero-order valence-electron chi connectivity index (χ0n) is 71.4. The fourth-order valence-electron chi connectivity index (χ4n) is 15.5. The lowest BCUT2D eigenvalue weighted by molar-refractivity contribution is -0.379. The van der Waals surface area contributed by atoms with Gasteiger partial charge in [0.05, 0.1) is 38.6 Å². The number of ether oxygens (including phenoxy) is 6. The topological polar surface area (TPSA) is 307 Å². The number of aliphatic hydroxyl groups excluding tert-OH is 11. The molecule has 0 aromatic heterocycles. The molecular weight excluding hydrogens is 1430 g/mol. The number of allylic oxidation sites excluding steroid dienone is 11. The molecule has 3 fully saturated rings. The van der Waals surface area contributed by atoms with E-state index in [0.29, 0.717) is 12.8 Å². The van der Waals surface area contributed by atoms with Crippen molar-refractivity contribution < 1.29 is 89.4 Å². The van der Waals surface area contributed by atoms with Crippen LogP contribution in [-0.2, 0) is 33.2 Å². The van der Waals surface area contributed by atoms with Crippen molar-refractivity contribution in [3.8, 4) is 0 Å². The van der Waals surface area contributed by atoms with E-state index in [2.05, 4.69) is 79.9 Å². The lowest BCUT2D eigenvalue weighted by Crippen LogP contribution is -2.66. The predicted molar refractivity (Wildman–Crippen MR) is 457 cm³/mol. The highest BCUT2D eigenvalue weighted by Crippen LogP contribution is 2.34. The molecule has 3 saturated heterocycles. The van der Waals surface area contributed by atoms with E-state index in [-0.39, 0.29) is 18.9 Å². The third kappa shape index (κ3) is 51.5. The summed E-state index contributed by atoms with van der Waals surface area (Å²) in [5.74, 6) is -0.283. The molecule has 3 aliphatic heterocycles. The number of carbonyl (C=O) groups excluding carboxylic acids is 1. The number of amides is 1. The third-order valence-electron chi connectivity index (χ3n) is 23.0. The van der Waals surface area contributed by atoms with Crippen LogP contribution in [0, 0.1) is 0 Å². The average molecular weight is 1600 g/mol. The maximum absolute atomic E-state index is 13.5. The maximum atomic E-state index is 13.5. The van der Waals surface area contributed by atoms with E-state index in [1.165, 1.54) is 295 Å². The maximum Gasteiger partial charge on any atom is 0.220 e. The summed E-state index contributed by atoms with van der Waals surface area (Å²) in [6.07, 6.45) is 72.2. The third-order valence-corrected chi connectivity index (χ3v) is 23.0. The van der Waals surface area contributed by atoms with Crippen LogP contribution in [0.25, 0.3) is 0 Å². The highest BCUT2D eigenvalue weighted by molar-refractivity contribution is 5.76. The van der Waals surface area contributed by atoms with Crippen molar-refractivity contribution in [2.45, 2.75) is 491 Å². The van der Waals surface area contributed by atoms with Crippen molar-refractivity contribution in [3.05, 3.63) is 72.9 Å². The van der Waals surface area contributed by atoms with Crippen molar-refractivity contribution in [1.82, 2.24) is 5.32 Å². The molecule has 17 atom stereocenters. The quantitative estimate of drug-likeness (QED) is 0.0199. The van der Waals surface area contributed by atoms with Gasteiger partial charge in [-0.2, -0.15) is 0 Å². The van der Waals surface area contributed by atoms with Gasteiger partial charge in [-0.05, 0) is 83.5 Å². The normalized spacial score (nSPS) is 25.1. The largest absolute Gasteiger partial charge is 0.394 e. The molecule has 1 amide bonds. The second-order valence-electron chi connectivity index (χ2n) is 33.1. The first-order valence-electron chi connectivity index (χ1n) is 46.7.